The van der Waals surface area contributed by atoms with E-state index >= 15 is 0 Å². The molecule has 1 N–H and O–H groups in total. The van der Waals surface area contributed by atoms with Gasteiger partial charge in [0.25, 0.3) is 0 Å². The molecule has 0 radical (unpaired) electrons. The Hall–Kier alpha value is -3.22. The molecule has 0 saturated heterocycles. The maximum atomic E-state index is 13.3. The molecule has 1 unspecified atom stereocenters. The molecule has 0 saturated carbocycles. The Balaban J connectivity index is 1.97. The fraction of sp³-hybridized carbons (Fsp3) is 0.227. The molecule has 7 heteroatoms. The monoisotopic (exact) mass is 400 g/mol. The second-order valence-corrected chi connectivity index (χ2v) is 6.95. The van der Waals surface area contributed by atoms with E-state index < -0.39 is 18.1 Å². The molecule has 0 spiro atoms. The fourth-order valence-corrected chi connectivity index (χ4v) is 3.42. The highest BCUT2D eigenvalue weighted by Crippen LogP contribution is 2.27. The summed E-state index contributed by atoms with van der Waals surface area (Å²) in [6, 6.07) is 9.58. The van der Waals surface area contributed by atoms with Crippen molar-refractivity contribution in [1.29, 1.82) is 0 Å². The fourth-order valence-electron chi connectivity index (χ4n) is 3.42. The molecular weight excluding hydrogens is 381 g/mol. The summed E-state index contributed by atoms with van der Waals surface area (Å²) < 4.78 is 37.5. The number of nitrogens with zero attached hydrogens (tertiary/aromatic N) is 1. The molecule has 150 valence electrons. The Labute approximate surface area is 165 Å². The van der Waals surface area contributed by atoms with Gasteiger partial charge in [-0.1, -0.05) is 30.3 Å². The molecule has 0 aliphatic carbocycles. The van der Waals surface area contributed by atoms with Crippen molar-refractivity contribution in [3.05, 3.63) is 76.6 Å². The number of pyridine rings is 1. The summed E-state index contributed by atoms with van der Waals surface area (Å²) in [5.41, 5.74) is 2.78. The first-order chi connectivity index (χ1) is 13.6. The molecule has 0 aliphatic heterocycles. The Kier molecular flexibility index (Phi) is 5.42. The highest BCUT2D eigenvalue weighted by Gasteiger charge is 2.39. The van der Waals surface area contributed by atoms with E-state index in [0.29, 0.717) is 27.8 Å². The van der Waals surface area contributed by atoms with Gasteiger partial charge in [0.1, 0.15) is 0 Å². The average molecular weight is 400 g/mol. The van der Waals surface area contributed by atoms with Crippen molar-refractivity contribution in [2.45, 2.75) is 33.0 Å². The summed E-state index contributed by atoms with van der Waals surface area (Å²) in [6.45, 7) is 4.93. The van der Waals surface area contributed by atoms with Crippen LogP contribution < -0.4 is 5.32 Å². The summed E-state index contributed by atoms with van der Waals surface area (Å²) in [4.78, 5) is 28.5. The van der Waals surface area contributed by atoms with Crippen LogP contribution in [0.15, 0.2) is 48.8 Å². The van der Waals surface area contributed by atoms with Gasteiger partial charge in [-0.15, -0.1) is 0 Å². The quantitative estimate of drug-likeness (QED) is 0.639. The van der Waals surface area contributed by atoms with E-state index in [2.05, 4.69) is 4.98 Å². The molecule has 0 bridgehead atoms. The van der Waals surface area contributed by atoms with Gasteiger partial charge in [0, 0.05) is 28.9 Å². The lowest BCUT2D eigenvalue weighted by molar-refractivity contribution is -0.174. The van der Waals surface area contributed by atoms with Crippen LogP contribution in [0.25, 0.3) is 10.8 Å². The number of halogens is 3. The summed E-state index contributed by atoms with van der Waals surface area (Å²) in [5, 5.41) is 3.56. The van der Waals surface area contributed by atoms with Gasteiger partial charge in [0.05, 0.1) is 6.04 Å². The summed E-state index contributed by atoms with van der Waals surface area (Å²) in [5.74, 6) is -2.17. The maximum absolute atomic E-state index is 13.3. The van der Waals surface area contributed by atoms with Crippen molar-refractivity contribution in [3.8, 4) is 0 Å². The molecule has 4 nitrogen and oxygen atoms in total. The smallest absolute Gasteiger partial charge is 0.342 e. The van der Waals surface area contributed by atoms with E-state index in [0.717, 1.165) is 10.8 Å². The molecule has 3 aromatic rings. The second-order valence-electron chi connectivity index (χ2n) is 6.95. The Morgan fingerprint density at radius 2 is 1.72 bits per heavy atom. The summed E-state index contributed by atoms with van der Waals surface area (Å²) >= 11 is 0. The van der Waals surface area contributed by atoms with Crippen LogP contribution in [0, 0.1) is 13.8 Å². The standard InChI is InChI=1S/C22H19F3N2O2/c1-12-9-16(14(3)27-21(29)22(23,24)25)10-13(2)19(12)20(28)18-6-4-5-15-11-26-8-7-17(15)18/h4-11,14H,1-3H3,(H,27,29). The number of benzene rings is 2. The zero-order chi connectivity index (χ0) is 21.3. The number of nitrogens with one attached hydrogen (secondary N) is 1. The summed E-state index contributed by atoms with van der Waals surface area (Å²) in [6.07, 6.45) is -1.65. The lowest BCUT2D eigenvalue weighted by Gasteiger charge is -2.19. The molecule has 29 heavy (non-hydrogen) atoms. The number of amides is 1. The number of aromatic nitrogens is 1. The molecule has 0 fully saturated rings. The van der Waals surface area contributed by atoms with E-state index in [1.54, 1.807) is 56.6 Å². The van der Waals surface area contributed by atoms with Crippen molar-refractivity contribution in [1.82, 2.24) is 10.3 Å². The zero-order valence-corrected chi connectivity index (χ0v) is 16.1. The minimum absolute atomic E-state index is 0.171. The second kappa shape index (κ2) is 7.66. The van der Waals surface area contributed by atoms with Crippen molar-refractivity contribution >= 4 is 22.5 Å². The van der Waals surface area contributed by atoms with Crippen LogP contribution in [0.1, 0.15) is 45.6 Å². The first-order valence-corrected chi connectivity index (χ1v) is 8.96. The topological polar surface area (TPSA) is 59.1 Å². The first-order valence-electron chi connectivity index (χ1n) is 8.96. The highest BCUT2D eigenvalue weighted by molar-refractivity contribution is 6.17. The number of ketones is 1. The van der Waals surface area contributed by atoms with Crippen LogP contribution >= 0.6 is 0 Å². The van der Waals surface area contributed by atoms with Crippen LogP contribution in [-0.4, -0.2) is 22.9 Å². The van der Waals surface area contributed by atoms with Gasteiger partial charge in [0.15, 0.2) is 5.78 Å². The van der Waals surface area contributed by atoms with E-state index in [4.69, 9.17) is 0 Å². The molecule has 2 aromatic carbocycles. The van der Waals surface area contributed by atoms with Gasteiger partial charge < -0.3 is 5.32 Å². The number of fused-ring (bicyclic) bond motifs is 1. The lowest BCUT2D eigenvalue weighted by Crippen LogP contribution is -2.38. The number of hydrogen-bond acceptors (Lipinski definition) is 3. The Bertz CT molecular complexity index is 1080. The first kappa shape index (κ1) is 20.5. The highest BCUT2D eigenvalue weighted by atomic mass is 19.4. The van der Waals surface area contributed by atoms with Gasteiger partial charge >= 0.3 is 12.1 Å². The van der Waals surface area contributed by atoms with E-state index in [9.17, 15) is 22.8 Å². The number of hydrogen-bond donors (Lipinski definition) is 1. The van der Waals surface area contributed by atoms with Crippen LogP contribution in [0.2, 0.25) is 0 Å². The number of carbonyl (C=O) groups excluding carboxylic acids is 2. The van der Waals surface area contributed by atoms with Gasteiger partial charge in [-0.3, -0.25) is 14.6 Å². The van der Waals surface area contributed by atoms with Gasteiger partial charge in [-0.05, 0) is 48.9 Å². The summed E-state index contributed by atoms with van der Waals surface area (Å²) in [7, 11) is 0. The normalized spacial score (nSPS) is 12.6. The van der Waals surface area contributed by atoms with E-state index in [-0.39, 0.29) is 5.78 Å². The van der Waals surface area contributed by atoms with E-state index in [1.165, 1.54) is 6.92 Å². The molecular formula is C22H19F3N2O2. The van der Waals surface area contributed by atoms with Crippen molar-refractivity contribution < 1.29 is 22.8 Å². The van der Waals surface area contributed by atoms with Gasteiger partial charge in [0.2, 0.25) is 0 Å². The van der Waals surface area contributed by atoms with Crippen LogP contribution in [0.4, 0.5) is 13.2 Å². The van der Waals surface area contributed by atoms with Crippen molar-refractivity contribution in [3.63, 3.8) is 0 Å². The van der Waals surface area contributed by atoms with Gasteiger partial charge in [-0.2, -0.15) is 13.2 Å². The third-order valence-corrected chi connectivity index (χ3v) is 4.81. The average Bonchev–Trinajstić information content (AvgIpc) is 2.66. The van der Waals surface area contributed by atoms with Gasteiger partial charge in [-0.25, -0.2) is 0 Å². The number of rotatable bonds is 4. The number of alkyl halides is 3. The molecule has 0 aliphatic rings. The molecule has 1 heterocycles. The van der Waals surface area contributed by atoms with Crippen LogP contribution in [-0.2, 0) is 4.79 Å². The largest absolute Gasteiger partial charge is 0.471 e. The molecule has 1 aromatic heterocycles. The molecule has 3 rings (SSSR count). The minimum Gasteiger partial charge on any atom is -0.342 e. The Morgan fingerprint density at radius 1 is 1.07 bits per heavy atom. The predicted molar refractivity (Wildman–Crippen MR) is 104 cm³/mol. The van der Waals surface area contributed by atoms with E-state index in [1.807, 2.05) is 11.4 Å². The molecule has 1 atom stereocenters. The predicted octanol–water partition coefficient (Wildman–Crippen LogP) is 4.82. The molecule has 1 amide bonds. The third kappa shape index (κ3) is 4.13. The SMILES string of the molecule is Cc1cc(C(C)NC(=O)C(F)(F)F)cc(C)c1C(=O)c1cccc2cnccc12. The maximum Gasteiger partial charge on any atom is 0.471 e. The van der Waals surface area contributed by atoms with Crippen molar-refractivity contribution in [2.24, 2.45) is 0 Å². The lowest BCUT2D eigenvalue weighted by atomic mass is 9.90. The minimum atomic E-state index is -4.95. The third-order valence-electron chi connectivity index (χ3n) is 4.81. The van der Waals surface area contributed by atoms with Crippen LogP contribution in [0.3, 0.4) is 0 Å². The number of aryl methyl sites for hydroxylation is 2. The van der Waals surface area contributed by atoms with Crippen LogP contribution in [0.5, 0.6) is 0 Å². The Morgan fingerprint density at radius 3 is 2.34 bits per heavy atom. The van der Waals surface area contributed by atoms with Crippen molar-refractivity contribution in [2.75, 3.05) is 0 Å². The zero-order valence-electron chi connectivity index (χ0n) is 16.1. The number of carbonyl (C=O) groups is 2.